The molecular weight excluding hydrogens is 416 g/mol. The number of aryl methyl sites for hydroxylation is 2. The summed E-state index contributed by atoms with van der Waals surface area (Å²) < 4.78 is 7.59. The lowest BCUT2D eigenvalue weighted by atomic mass is 10.0. The smallest absolute Gasteiger partial charge is 0.254 e. The standard InChI is InChI=1S/C25H32N6O2/c1-15(2)23(13-26)29-7-9-30(10-8-29)25(32)20-12-22(19-11-17(5)33-18(19)6)28-24-21(20)14-27-31(24)16(3)4/h11-12,14-16,23H,7-10H2,1-6H3. The molecule has 33 heavy (non-hydrogen) atoms. The minimum atomic E-state index is -0.127. The fraction of sp³-hybridized carbons (Fsp3) is 0.520. The Kier molecular flexibility index (Phi) is 6.26. The van der Waals surface area contributed by atoms with Crippen molar-refractivity contribution in [3.63, 3.8) is 0 Å². The van der Waals surface area contributed by atoms with Crippen LogP contribution in [0.2, 0.25) is 0 Å². The van der Waals surface area contributed by atoms with Gasteiger partial charge in [-0.2, -0.15) is 10.4 Å². The van der Waals surface area contributed by atoms with Gasteiger partial charge in [-0.3, -0.25) is 9.69 Å². The second-order valence-electron chi connectivity index (χ2n) is 9.45. The van der Waals surface area contributed by atoms with Crippen molar-refractivity contribution < 1.29 is 9.21 Å². The van der Waals surface area contributed by atoms with Crippen LogP contribution in [0.15, 0.2) is 22.7 Å². The molecule has 1 aliphatic rings. The molecule has 4 rings (SSSR count). The van der Waals surface area contributed by atoms with Crippen molar-refractivity contribution in [2.45, 2.75) is 53.6 Å². The van der Waals surface area contributed by atoms with Crippen molar-refractivity contribution in [2.24, 2.45) is 5.92 Å². The molecule has 1 aliphatic heterocycles. The number of hydrogen-bond acceptors (Lipinski definition) is 6. The Hall–Kier alpha value is -3.18. The first-order chi connectivity index (χ1) is 15.7. The first-order valence-electron chi connectivity index (χ1n) is 11.6. The summed E-state index contributed by atoms with van der Waals surface area (Å²) in [5, 5.41) is 14.8. The van der Waals surface area contributed by atoms with Crippen molar-refractivity contribution in [1.29, 1.82) is 5.26 Å². The fourth-order valence-electron chi connectivity index (χ4n) is 4.62. The molecule has 8 heteroatoms. The van der Waals surface area contributed by atoms with Gasteiger partial charge >= 0.3 is 0 Å². The molecular formula is C25H32N6O2. The quantitative estimate of drug-likeness (QED) is 0.581. The minimum absolute atomic E-state index is 0.0254. The molecule has 0 radical (unpaired) electrons. The number of nitriles is 1. The topological polar surface area (TPSA) is 91.2 Å². The van der Waals surface area contributed by atoms with Crippen LogP contribution in [-0.2, 0) is 0 Å². The molecule has 0 aliphatic carbocycles. The Morgan fingerprint density at radius 3 is 2.36 bits per heavy atom. The number of nitrogens with zero attached hydrogens (tertiary/aromatic N) is 6. The molecule has 0 bridgehead atoms. The lowest BCUT2D eigenvalue weighted by Crippen LogP contribution is -2.52. The predicted molar refractivity (Wildman–Crippen MR) is 127 cm³/mol. The van der Waals surface area contributed by atoms with Gasteiger partial charge in [0.25, 0.3) is 5.91 Å². The number of carbonyl (C=O) groups excluding carboxylic acids is 1. The molecule has 4 heterocycles. The Bertz CT molecular complexity index is 1210. The largest absolute Gasteiger partial charge is 0.466 e. The number of aromatic nitrogens is 3. The highest BCUT2D eigenvalue weighted by atomic mass is 16.3. The van der Waals surface area contributed by atoms with Gasteiger partial charge in [-0.15, -0.1) is 0 Å². The number of hydrogen-bond donors (Lipinski definition) is 0. The highest BCUT2D eigenvalue weighted by Gasteiger charge is 2.30. The molecule has 0 N–H and O–H groups in total. The van der Waals surface area contributed by atoms with Gasteiger partial charge in [-0.05, 0) is 45.7 Å². The zero-order valence-corrected chi connectivity index (χ0v) is 20.3. The number of furan rings is 1. The van der Waals surface area contributed by atoms with Crippen LogP contribution in [-0.4, -0.2) is 62.7 Å². The summed E-state index contributed by atoms with van der Waals surface area (Å²) in [4.78, 5) is 22.6. The van der Waals surface area contributed by atoms with Crippen molar-refractivity contribution in [2.75, 3.05) is 26.2 Å². The maximum absolute atomic E-state index is 13.7. The van der Waals surface area contributed by atoms with Crippen LogP contribution in [0.4, 0.5) is 0 Å². The average molecular weight is 449 g/mol. The van der Waals surface area contributed by atoms with Gasteiger partial charge in [0.2, 0.25) is 0 Å². The molecule has 1 atom stereocenters. The third kappa shape index (κ3) is 4.25. The summed E-state index contributed by atoms with van der Waals surface area (Å²) in [6.45, 7) is 14.6. The minimum Gasteiger partial charge on any atom is -0.466 e. The van der Waals surface area contributed by atoms with E-state index in [1.54, 1.807) is 6.20 Å². The zero-order chi connectivity index (χ0) is 23.9. The van der Waals surface area contributed by atoms with Crippen LogP contribution < -0.4 is 0 Å². The van der Waals surface area contributed by atoms with Crippen LogP contribution in [0, 0.1) is 31.1 Å². The Labute approximate surface area is 194 Å². The van der Waals surface area contributed by atoms with Crippen molar-refractivity contribution in [1.82, 2.24) is 24.6 Å². The highest BCUT2D eigenvalue weighted by Crippen LogP contribution is 2.31. The first-order valence-corrected chi connectivity index (χ1v) is 11.6. The number of piperazine rings is 1. The van der Waals surface area contributed by atoms with Crippen LogP contribution >= 0.6 is 0 Å². The Morgan fingerprint density at radius 2 is 1.82 bits per heavy atom. The van der Waals surface area contributed by atoms with Crippen LogP contribution in [0.1, 0.15) is 55.6 Å². The van der Waals surface area contributed by atoms with Gasteiger partial charge in [-0.25, -0.2) is 9.67 Å². The lowest BCUT2D eigenvalue weighted by molar-refractivity contribution is 0.0578. The first kappa shape index (κ1) is 23.0. The van der Waals surface area contributed by atoms with Gasteiger partial charge in [0, 0.05) is 37.8 Å². The van der Waals surface area contributed by atoms with Gasteiger partial charge in [0.15, 0.2) is 5.65 Å². The number of pyridine rings is 1. The molecule has 3 aromatic heterocycles. The van der Waals surface area contributed by atoms with E-state index < -0.39 is 0 Å². The predicted octanol–water partition coefficient (Wildman–Crippen LogP) is 4.20. The molecule has 0 saturated carbocycles. The van der Waals surface area contributed by atoms with Crippen LogP contribution in [0.5, 0.6) is 0 Å². The molecule has 1 fully saturated rings. The number of rotatable bonds is 5. The molecule has 1 saturated heterocycles. The van der Waals surface area contributed by atoms with E-state index in [-0.39, 0.29) is 23.9 Å². The van der Waals surface area contributed by atoms with Crippen LogP contribution in [0.3, 0.4) is 0 Å². The third-order valence-corrected chi connectivity index (χ3v) is 6.36. The molecule has 0 spiro atoms. The molecule has 174 valence electrons. The van der Waals surface area contributed by atoms with E-state index in [4.69, 9.17) is 9.40 Å². The van der Waals surface area contributed by atoms with E-state index >= 15 is 0 Å². The molecule has 3 aromatic rings. The molecule has 8 nitrogen and oxygen atoms in total. The average Bonchev–Trinajstić information content (AvgIpc) is 3.35. The number of carbonyl (C=O) groups is 1. The summed E-state index contributed by atoms with van der Waals surface area (Å²) in [7, 11) is 0. The maximum atomic E-state index is 13.7. The highest BCUT2D eigenvalue weighted by molar-refractivity contribution is 6.06. The van der Waals surface area contributed by atoms with Crippen molar-refractivity contribution in [3.8, 4) is 17.3 Å². The van der Waals surface area contributed by atoms with E-state index in [2.05, 4.69) is 43.8 Å². The summed E-state index contributed by atoms with van der Waals surface area (Å²) in [5.41, 5.74) is 2.91. The van der Waals surface area contributed by atoms with E-state index in [1.807, 2.05) is 35.6 Å². The SMILES string of the molecule is Cc1cc(-c2cc(C(=O)N3CCN(C(C#N)C(C)C)CC3)c3cnn(C(C)C)c3n2)c(C)o1. The van der Waals surface area contributed by atoms with Gasteiger partial charge in [0.05, 0.1) is 28.9 Å². The molecule has 1 amide bonds. The van der Waals surface area contributed by atoms with E-state index in [9.17, 15) is 10.1 Å². The van der Waals surface area contributed by atoms with E-state index in [0.29, 0.717) is 43.1 Å². The normalized spacial score (nSPS) is 16.0. The zero-order valence-electron chi connectivity index (χ0n) is 20.3. The van der Waals surface area contributed by atoms with Gasteiger partial charge < -0.3 is 9.32 Å². The number of amides is 1. The van der Waals surface area contributed by atoms with E-state index in [1.165, 1.54) is 0 Å². The fourth-order valence-corrected chi connectivity index (χ4v) is 4.62. The summed E-state index contributed by atoms with van der Waals surface area (Å²) in [5.74, 6) is 1.81. The van der Waals surface area contributed by atoms with Gasteiger partial charge in [-0.1, -0.05) is 13.8 Å². The van der Waals surface area contributed by atoms with Crippen molar-refractivity contribution >= 4 is 16.9 Å². The Morgan fingerprint density at radius 1 is 1.12 bits per heavy atom. The van der Waals surface area contributed by atoms with Crippen molar-refractivity contribution in [3.05, 3.63) is 35.4 Å². The van der Waals surface area contributed by atoms with Gasteiger partial charge in [0.1, 0.15) is 17.6 Å². The van der Waals surface area contributed by atoms with E-state index in [0.717, 1.165) is 22.5 Å². The molecule has 1 unspecified atom stereocenters. The molecule has 0 aromatic carbocycles. The Balaban J connectivity index is 1.70. The third-order valence-electron chi connectivity index (χ3n) is 6.36. The van der Waals surface area contributed by atoms with Crippen LogP contribution in [0.25, 0.3) is 22.3 Å². The summed E-state index contributed by atoms with van der Waals surface area (Å²) in [6.07, 6.45) is 1.74. The summed E-state index contributed by atoms with van der Waals surface area (Å²) in [6, 6.07) is 6.23. The summed E-state index contributed by atoms with van der Waals surface area (Å²) >= 11 is 0. The monoisotopic (exact) mass is 448 g/mol. The lowest BCUT2D eigenvalue weighted by Gasteiger charge is -2.38. The maximum Gasteiger partial charge on any atom is 0.254 e. The number of fused-ring (bicyclic) bond motifs is 1. The second-order valence-corrected chi connectivity index (χ2v) is 9.45. The second kappa shape index (κ2) is 8.99.